The molecule has 0 spiro atoms. The van der Waals surface area contributed by atoms with Crippen LogP contribution in [0, 0.1) is 5.92 Å². The van der Waals surface area contributed by atoms with Crippen molar-refractivity contribution in [1.82, 2.24) is 10.2 Å². The lowest BCUT2D eigenvalue weighted by molar-refractivity contribution is 0.171. The number of fused-ring (bicyclic) bond motifs is 1. The Morgan fingerprint density at radius 3 is 2.50 bits per heavy atom. The average Bonchev–Trinajstić information content (AvgIpc) is 2.58. The SMILES string of the molecule is CCC(CC)CNC(=NC)N(C)Cc1ccc2c(c1)OCCO2.I. The molecule has 1 aromatic carbocycles. The number of hydrogen-bond donors (Lipinski definition) is 1. The Bertz CT molecular complexity index is 533. The number of nitrogens with one attached hydrogen (secondary N) is 1. The van der Waals surface area contributed by atoms with Gasteiger partial charge in [0.15, 0.2) is 17.5 Å². The molecule has 0 unspecified atom stereocenters. The van der Waals surface area contributed by atoms with Gasteiger partial charge in [0.25, 0.3) is 0 Å². The molecule has 2 rings (SSSR count). The minimum atomic E-state index is 0. The zero-order valence-corrected chi connectivity index (χ0v) is 17.5. The largest absolute Gasteiger partial charge is 0.486 e. The van der Waals surface area contributed by atoms with Crippen LogP contribution in [0.25, 0.3) is 0 Å². The number of hydrogen-bond acceptors (Lipinski definition) is 3. The van der Waals surface area contributed by atoms with Gasteiger partial charge in [-0.2, -0.15) is 0 Å². The van der Waals surface area contributed by atoms with Gasteiger partial charge in [0.2, 0.25) is 0 Å². The van der Waals surface area contributed by atoms with E-state index in [4.69, 9.17) is 9.47 Å². The van der Waals surface area contributed by atoms with Gasteiger partial charge in [0, 0.05) is 27.2 Å². The van der Waals surface area contributed by atoms with Gasteiger partial charge in [-0.1, -0.05) is 32.8 Å². The van der Waals surface area contributed by atoms with Crippen LogP contribution < -0.4 is 14.8 Å². The van der Waals surface area contributed by atoms with E-state index in [9.17, 15) is 0 Å². The molecule has 0 aromatic heterocycles. The van der Waals surface area contributed by atoms with E-state index >= 15 is 0 Å². The summed E-state index contributed by atoms with van der Waals surface area (Å²) in [7, 11) is 3.88. The van der Waals surface area contributed by atoms with Gasteiger partial charge in [0.05, 0.1) is 0 Å². The van der Waals surface area contributed by atoms with E-state index in [-0.39, 0.29) is 24.0 Å². The predicted octanol–water partition coefficient (Wildman–Crippen LogP) is 3.52. The van der Waals surface area contributed by atoms with E-state index in [2.05, 4.69) is 48.2 Å². The summed E-state index contributed by atoms with van der Waals surface area (Å²) in [5.74, 6) is 3.28. The second-order valence-electron chi connectivity index (χ2n) is 5.94. The van der Waals surface area contributed by atoms with Crippen LogP contribution in [-0.4, -0.2) is 44.7 Å². The van der Waals surface area contributed by atoms with Crippen molar-refractivity contribution in [2.75, 3.05) is 33.9 Å². The van der Waals surface area contributed by atoms with Gasteiger partial charge >= 0.3 is 0 Å². The topological polar surface area (TPSA) is 46.1 Å². The molecule has 1 aromatic rings. The molecule has 1 heterocycles. The highest BCUT2D eigenvalue weighted by Gasteiger charge is 2.14. The minimum absolute atomic E-state index is 0. The van der Waals surface area contributed by atoms with Crippen molar-refractivity contribution < 1.29 is 9.47 Å². The molecule has 0 amide bonds. The van der Waals surface area contributed by atoms with Crippen molar-refractivity contribution >= 4 is 29.9 Å². The van der Waals surface area contributed by atoms with Crippen molar-refractivity contribution in [3.05, 3.63) is 23.8 Å². The van der Waals surface area contributed by atoms with Gasteiger partial charge < -0.3 is 19.7 Å². The quantitative estimate of drug-likeness (QED) is 0.412. The van der Waals surface area contributed by atoms with Crippen molar-refractivity contribution in [3.8, 4) is 11.5 Å². The first kappa shape index (κ1) is 20.9. The number of aliphatic imine (C=N–C) groups is 1. The fourth-order valence-electron chi connectivity index (χ4n) is 2.73. The molecule has 0 fully saturated rings. The third-order valence-corrected chi connectivity index (χ3v) is 4.30. The van der Waals surface area contributed by atoms with Crippen molar-refractivity contribution in [1.29, 1.82) is 0 Å². The Kier molecular flexibility index (Phi) is 9.25. The first-order chi connectivity index (χ1) is 11.2. The number of rotatable bonds is 6. The Morgan fingerprint density at radius 2 is 1.88 bits per heavy atom. The first-order valence-corrected chi connectivity index (χ1v) is 8.48. The molecule has 0 aliphatic carbocycles. The maximum absolute atomic E-state index is 5.65. The van der Waals surface area contributed by atoms with Gasteiger partial charge in [0.1, 0.15) is 13.2 Å². The molecule has 0 saturated carbocycles. The summed E-state index contributed by atoms with van der Waals surface area (Å²) in [6.45, 7) is 7.45. The Morgan fingerprint density at radius 1 is 1.21 bits per heavy atom. The summed E-state index contributed by atoms with van der Waals surface area (Å²) >= 11 is 0. The highest BCUT2D eigenvalue weighted by molar-refractivity contribution is 14.0. The van der Waals surface area contributed by atoms with Crippen LogP contribution >= 0.6 is 24.0 Å². The number of halogens is 1. The monoisotopic (exact) mass is 447 g/mol. The van der Waals surface area contributed by atoms with Crippen LogP contribution in [0.3, 0.4) is 0 Å². The molecular formula is C18H30IN3O2. The number of guanidine groups is 1. The minimum Gasteiger partial charge on any atom is -0.486 e. The summed E-state index contributed by atoms with van der Waals surface area (Å²) in [6.07, 6.45) is 2.37. The van der Waals surface area contributed by atoms with E-state index in [0.717, 1.165) is 30.5 Å². The molecule has 1 aliphatic heterocycles. The van der Waals surface area contributed by atoms with Gasteiger partial charge in [-0.3, -0.25) is 4.99 Å². The van der Waals surface area contributed by atoms with E-state index in [0.29, 0.717) is 19.1 Å². The Labute approximate surface area is 162 Å². The number of ether oxygens (including phenoxy) is 2. The van der Waals surface area contributed by atoms with E-state index in [1.165, 1.54) is 18.4 Å². The Hall–Kier alpha value is -1.18. The molecular weight excluding hydrogens is 417 g/mol. The maximum atomic E-state index is 5.65. The lowest BCUT2D eigenvalue weighted by Gasteiger charge is -2.25. The molecule has 1 aliphatic rings. The second kappa shape index (κ2) is 10.6. The van der Waals surface area contributed by atoms with Gasteiger partial charge in [-0.15, -0.1) is 24.0 Å². The molecule has 0 radical (unpaired) electrons. The van der Waals surface area contributed by atoms with Crippen LogP contribution in [-0.2, 0) is 6.54 Å². The van der Waals surface area contributed by atoms with Crippen molar-refractivity contribution in [3.63, 3.8) is 0 Å². The second-order valence-corrected chi connectivity index (χ2v) is 5.94. The average molecular weight is 447 g/mol. The molecule has 6 heteroatoms. The molecule has 1 N–H and O–H groups in total. The van der Waals surface area contributed by atoms with Crippen LogP contribution in [0.2, 0.25) is 0 Å². The molecule has 5 nitrogen and oxygen atoms in total. The molecule has 136 valence electrons. The van der Waals surface area contributed by atoms with Crippen LogP contribution in [0.5, 0.6) is 11.5 Å². The zero-order chi connectivity index (χ0) is 16.7. The fourth-order valence-corrected chi connectivity index (χ4v) is 2.73. The van der Waals surface area contributed by atoms with Crippen LogP contribution in [0.4, 0.5) is 0 Å². The third-order valence-electron chi connectivity index (χ3n) is 4.30. The summed E-state index contributed by atoms with van der Waals surface area (Å²) in [5, 5.41) is 3.47. The lowest BCUT2D eigenvalue weighted by atomic mass is 10.0. The zero-order valence-electron chi connectivity index (χ0n) is 15.2. The lowest BCUT2D eigenvalue weighted by Crippen LogP contribution is -2.40. The molecule has 0 atom stereocenters. The number of benzene rings is 1. The molecule has 0 bridgehead atoms. The smallest absolute Gasteiger partial charge is 0.193 e. The van der Waals surface area contributed by atoms with Crippen molar-refractivity contribution in [2.24, 2.45) is 10.9 Å². The highest BCUT2D eigenvalue weighted by Crippen LogP contribution is 2.31. The fraction of sp³-hybridized carbons (Fsp3) is 0.611. The molecule has 24 heavy (non-hydrogen) atoms. The highest BCUT2D eigenvalue weighted by atomic mass is 127. The summed E-state index contributed by atoms with van der Waals surface area (Å²) < 4.78 is 11.2. The summed E-state index contributed by atoms with van der Waals surface area (Å²) in [4.78, 5) is 6.52. The van der Waals surface area contributed by atoms with Crippen LogP contribution in [0.1, 0.15) is 32.3 Å². The third kappa shape index (κ3) is 5.72. The van der Waals surface area contributed by atoms with Crippen LogP contribution in [0.15, 0.2) is 23.2 Å². The first-order valence-electron chi connectivity index (χ1n) is 8.48. The van der Waals surface area contributed by atoms with E-state index in [1.54, 1.807) is 0 Å². The summed E-state index contributed by atoms with van der Waals surface area (Å²) in [5.41, 5.74) is 1.18. The van der Waals surface area contributed by atoms with E-state index in [1.807, 2.05) is 13.1 Å². The standard InChI is InChI=1S/C18H29N3O2.HI/c1-5-14(6-2)12-20-18(19-3)21(4)13-15-7-8-16-17(11-15)23-10-9-22-16;/h7-8,11,14H,5-6,9-10,12-13H2,1-4H3,(H,19,20);1H. The van der Waals surface area contributed by atoms with Crippen molar-refractivity contribution in [2.45, 2.75) is 33.2 Å². The number of nitrogens with zero attached hydrogens (tertiary/aromatic N) is 2. The predicted molar refractivity (Wildman–Crippen MR) is 110 cm³/mol. The van der Waals surface area contributed by atoms with Gasteiger partial charge in [-0.25, -0.2) is 0 Å². The molecule has 0 saturated heterocycles. The van der Waals surface area contributed by atoms with E-state index < -0.39 is 0 Å². The summed E-state index contributed by atoms with van der Waals surface area (Å²) in [6, 6.07) is 6.12. The van der Waals surface area contributed by atoms with Gasteiger partial charge in [-0.05, 0) is 23.6 Å². The normalized spacial score (nSPS) is 13.5. The Balaban J connectivity index is 0.00000288. The maximum Gasteiger partial charge on any atom is 0.193 e.